The highest BCUT2D eigenvalue weighted by Gasteiger charge is 2.11. The van der Waals surface area contributed by atoms with Gasteiger partial charge in [-0.05, 0) is 36.4 Å². The molecule has 0 fully saturated rings. The average molecular weight is 428 g/mol. The van der Waals surface area contributed by atoms with E-state index in [9.17, 15) is 4.79 Å². The van der Waals surface area contributed by atoms with Crippen molar-refractivity contribution in [2.45, 2.75) is 6.61 Å². The van der Waals surface area contributed by atoms with Crippen LogP contribution in [-0.4, -0.2) is 30.6 Å². The van der Waals surface area contributed by atoms with Crippen LogP contribution in [0.2, 0.25) is 5.02 Å². The summed E-state index contributed by atoms with van der Waals surface area (Å²) in [6, 6.07) is 10.5. The van der Waals surface area contributed by atoms with Crippen molar-refractivity contribution in [3.63, 3.8) is 0 Å². The van der Waals surface area contributed by atoms with Crippen LogP contribution >= 0.6 is 22.9 Å². The van der Waals surface area contributed by atoms with Gasteiger partial charge in [-0.2, -0.15) is 0 Å². The Morgan fingerprint density at radius 1 is 1.17 bits per heavy atom. The summed E-state index contributed by atoms with van der Waals surface area (Å²) in [5.74, 6) is 1.29. The molecule has 9 nitrogen and oxygen atoms in total. The lowest BCUT2D eigenvalue weighted by molar-refractivity contribution is 0.0958. The van der Waals surface area contributed by atoms with Gasteiger partial charge in [0, 0.05) is 22.8 Å². The number of aromatic nitrogens is 5. The Hall–Kier alpha value is -3.50. The minimum Gasteiger partial charge on any atom is -0.486 e. The van der Waals surface area contributed by atoms with E-state index >= 15 is 0 Å². The third-order valence-electron chi connectivity index (χ3n) is 3.68. The van der Waals surface area contributed by atoms with Crippen LogP contribution in [0.3, 0.4) is 0 Å². The molecule has 4 aromatic rings. The van der Waals surface area contributed by atoms with Gasteiger partial charge in [0.1, 0.15) is 29.4 Å². The highest BCUT2D eigenvalue weighted by Crippen LogP contribution is 2.18. The first kappa shape index (κ1) is 18.8. The number of hydrogen-bond acceptors (Lipinski definition) is 8. The topological polar surface area (TPSA) is 107 Å². The summed E-state index contributed by atoms with van der Waals surface area (Å²) < 4.78 is 7.35. The molecule has 1 aromatic carbocycles. The van der Waals surface area contributed by atoms with Crippen LogP contribution in [-0.2, 0) is 6.61 Å². The van der Waals surface area contributed by atoms with E-state index in [2.05, 4.69) is 31.0 Å². The number of anilines is 1. The smallest absolute Gasteiger partial charge is 0.289 e. The zero-order valence-corrected chi connectivity index (χ0v) is 16.4. The van der Waals surface area contributed by atoms with Gasteiger partial charge in [0.25, 0.3) is 5.91 Å². The molecule has 29 heavy (non-hydrogen) atoms. The number of carbonyl (C=O) groups is 1. The van der Waals surface area contributed by atoms with E-state index in [-0.39, 0.29) is 18.2 Å². The SMILES string of the molecule is O=C(NNc1ccc(-n2ccnc2)nn1)c1csc(COc2ccc(Cl)cc2)n1. The minimum absolute atomic E-state index is 0.258. The van der Waals surface area contributed by atoms with Gasteiger partial charge in [0.05, 0.1) is 0 Å². The second-order valence-electron chi connectivity index (χ2n) is 5.69. The number of rotatable bonds is 7. The van der Waals surface area contributed by atoms with Crippen LogP contribution in [0.5, 0.6) is 5.75 Å². The number of halogens is 1. The Bertz CT molecular complexity index is 1080. The first-order valence-corrected chi connectivity index (χ1v) is 9.64. The Labute approximate surface area is 174 Å². The van der Waals surface area contributed by atoms with Crippen molar-refractivity contribution >= 4 is 34.7 Å². The number of hydrazine groups is 1. The van der Waals surface area contributed by atoms with E-state index in [4.69, 9.17) is 16.3 Å². The zero-order chi connectivity index (χ0) is 20.1. The normalized spacial score (nSPS) is 10.5. The molecule has 0 atom stereocenters. The molecule has 4 rings (SSSR count). The third-order valence-corrected chi connectivity index (χ3v) is 4.76. The summed E-state index contributed by atoms with van der Waals surface area (Å²) in [4.78, 5) is 20.5. The molecule has 0 unspecified atom stereocenters. The number of hydrogen-bond donors (Lipinski definition) is 2. The standard InChI is InChI=1S/C18H14ClN7O2S/c19-12-1-3-13(4-2-12)28-9-17-21-14(10-29-17)18(27)25-23-15-5-6-16(24-22-15)26-8-7-20-11-26/h1-8,10-11H,9H2,(H,22,23)(H,25,27). The zero-order valence-electron chi connectivity index (χ0n) is 14.8. The quantitative estimate of drug-likeness (QED) is 0.436. The highest BCUT2D eigenvalue weighted by atomic mass is 35.5. The van der Waals surface area contributed by atoms with Crippen molar-refractivity contribution in [2.75, 3.05) is 5.43 Å². The molecule has 146 valence electrons. The average Bonchev–Trinajstić information content (AvgIpc) is 3.44. The minimum atomic E-state index is -0.389. The Kier molecular flexibility index (Phi) is 5.63. The molecule has 0 aliphatic carbocycles. The molecule has 2 N–H and O–H groups in total. The van der Waals surface area contributed by atoms with E-state index < -0.39 is 0 Å². The number of nitrogens with one attached hydrogen (secondary N) is 2. The second kappa shape index (κ2) is 8.67. The molecule has 0 radical (unpaired) electrons. The molecule has 3 heterocycles. The van der Waals surface area contributed by atoms with Crippen LogP contribution in [0.25, 0.3) is 5.82 Å². The van der Waals surface area contributed by atoms with Gasteiger partial charge in [0.15, 0.2) is 11.6 Å². The summed E-state index contributed by atoms with van der Waals surface area (Å²) in [6.07, 6.45) is 5.03. The van der Waals surface area contributed by atoms with Crippen molar-refractivity contribution in [1.29, 1.82) is 0 Å². The lowest BCUT2D eigenvalue weighted by atomic mass is 10.3. The van der Waals surface area contributed by atoms with Crippen LogP contribution in [0, 0.1) is 0 Å². The molecule has 0 bridgehead atoms. The molecular weight excluding hydrogens is 414 g/mol. The number of amides is 1. The van der Waals surface area contributed by atoms with Gasteiger partial charge in [-0.15, -0.1) is 21.5 Å². The number of imidazole rings is 1. The van der Waals surface area contributed by atoms with E-state index in [0.29, 0.717) is 27.4 Å². The predicted octanol–water partition coefficient (Wildman–Crippen LogP) is 3.11. The molecule has 0 saturated carbocycles. The van der Waals surface area contributed by atoms with E-state index in [1.54, 1.807) is 65.1 Å². The van der Waals surface area contributed by atoms with Crippen LogP contribution in [0.15, 0.2) is 60.5 Å². The van der Waals surface area contributed by atoms with Gasteiger partial charge in [-0.3, -0.25) is 20.2 Å². The van der Waals surface area contributed by atoms with Crippen molar-refractivity contribution < 1.29 is 9.53 Å². The van der Waals surface area contributed by atoms with Crippen molar-refractivity contribution in [3.8, 4) is 11.6 Å². The van der Waals surface area contributed by atoms with Crippen LogP contribution < -0.4 is 15.6 Å². The Morgan fingerprint density at radius 2 is 2.03 bits per heavy atom. The lowest BCUT2D eigenvalue weighted by Gasteiger charge is -2.06. The first-order valence-electron chi connectivity index (χ1n) is 8.38. The first-order chi connectivity index (χ1) is 14.2. The number of ether oxygens (including phenoxy) is 1. The lowest BCUT2D eigenvalue weighted by Crippen LogP contribution is -2.30. The third kappa shape index (κ3) is 4.86. The van der Waals surface area contributed by atoms with E-state index in [1.165, 1.54) is 11.3 Å². The molecule has 3 aromatic heterocycles. The van der Waals surface area contributed by atoms with Gasteiger partial charge in [-0.1, -0.05) is 11.6 Å². The van der Waals surface area contributed by atoms with E-state index in [1.807, 2.05) is 0 Å². The molecule has 0 spiro atoms. The number of benzene rings is 1. The summed E-state index contributed by atoms with van der Waals surface area (Å²) in [7, 11) is 0. The fraction of sp³-hybridized carbons (Fsp3) is 0.0556. The monoisotopic (exact) mass is 427 g/mol. The molecule has 0 saturated heterocycles. The summed E-state index contributed by atoms with van der Waals surface area (Å²) in [6.45, 7) is 0.258. The van der Waals surface area contributed by atoms with Crippen molar-refractivity contribution in [3.05, 3.63) is 76.2 Å². The maximum Gasteiger partial charge on any atom is 0.289 e. The number of thiazole rings is 1. The molecule has 0 aliphatic rings. The fourth-order valence-corrected chi connectivity index (χ4v) is 3.08. The van der Waals surface area contributed by atoms with Crippen LogP contribution in [0.1, 0.15) is 15.5 Å². The molecule has 11 heteroatoms. The highest BCUT2D eigenvalue weighted by molar-refractivity contribution is 7.09. The summed E-state index contributed by atoms with van der Waals surface area (Å²) >= 11 is 7.18. The van der Waals surface area contributed by atoms with Gasteiger partial charge in [0.2, 0.25) is 0 Å². The van der Waals surface area contributed by atoms with Crippen LogP contribution in [0.4, 0.5) is 5.82 Å². The Morgan fingerprint density at radius 3 is 2.76 bits per heavy atom. The predicted molar refractivity (Wildman–Crippen MR) is 108 cm³/mol. The largest absolute Gasteiger partial charge is 0.486 e. The molecule has 1 amide bonds. The number of carbonyl (C=O) groups excluding carboxylic acids is 1. The molecule has 0 aliphatic heterocycles. The maximum atomic E-state index is 12.3. The fourth-order valence-electron chi connectivity index (χ4n) is 2.27. The van der Waals surface area contributed by atoms with Gasteiger partial charge >= 0.3 is 0 Å². The second-order valence-corrected chi connectivity index (χ2v) is 7.07. The van der Waals surface area contributed by atoms with Gasteiger partial charge in [-0.25, -0.2) is 9.97 Å². The van der Waals surface area contributed by atoms with E-state index in [0.717, 1.165) is 0 Å². The molecular formula is C18H14ClN7O2S. The summed E-state index contributed by atoms with van der Waals surface area (Å²) in [5, 5.41) is 11.0. The van der Waals surface area contributed by atoms with Gasteiger partial charge < -0.3 is 4.74 Å². The number of nitrogens with zero attached hydrogens (tertiary/aromatic N) is 5. The summed E-state index contributed by atoms with van der Waals surface area (Å²) in [5.41, 5.74) is 5.53. The van der Waals surface area contributed by atoms with Crippen molar-refractivity contribution in [1.82, 2.24) is 30.2 Å². The Balaban J connectivity index is 1.29. The maximum absolute atomic E-state index is 12.3. The van der Waals surface area contributed by atoms with Crippen molar-refractivity contribution in [2.24, 2.45) is 0 Å².